The van der Waals surface area contributed by atoms with Crippen LogP contribution in [0.3, 0.4) is 0 Å². The number of morpholine rings is 2. The lowest BCUT2D eigenvalue weighted by molar-refractivity contribution is 0.0317. The maximum atomic E-state index is 5.93. The average Bonchev–Trinajstić information content (AvgIpc) is 2.80. The summed E-state index contributed by atoms with van der Waals surface area (Å²) in [5.41, 5.74) is 2.78. The molecule has 3 heterocycles. The lowest BCUT2D eigenvalue weighted by atomic mass is 10.2. The van der Waals surface area contributed by atoms with E-state index >= 15 is 0 Å². The summed E-state index contributed by atoms with van der Waals surface area (Å²) in [5.74, 6) is 0.848. The molecule has 2 aliphatic heterocycles. The number of ether oxygens (including phenoxy) is 3. The zero-order chi connectivity index (χ0) is 21.3. The van der Waals surface area contributed by atoms with Crippen LogP contribution in [0.1, 0.15) is 11.3 Å². The molecule has 166 valence electrons. The van der Waals surface area contributed by atoms with Crippen molar-refractivity contribution >= 4 is 11.5 Å². The van der Waals surface area contributed by atoms with Gasteiger partial charge in [0.15, 0.2) is 0 Å². The molecule has 31 heavy (non-hydrogen) atoms. The molecule has 4 rings (SSSR count). The van der Waals surface area contributed by atoms with E-state index < -0.39 is 0 Å². The number of hydrogen-bond donors (Lipinski definition) is 0. The Labute approximate surface area is 183 Å². The van der Waals surface area contributed by atoms with Gasteiger partial charge in [-0.1, -0.05) is 12.1 Å². The third-order valence-corrected chi connectivity index (χ3v) is 5.24. The van der Waals surface area contributed by atoms with Gasteiger partial charge >= 0.3 is 6.01 Å². The molecule has 0 atom stereocenters. The van der Waals surface area contributed by atoms with Crippen LogP contribution < -0.4 is 9.64 Å². The Morgan fingerprint density at radius 2 is 1.77 bits per heavy atom. The summed E-state index contributed by atoms with van der Waals surface area (Å²) in [6, 6.07) is 10.3. The molecule has 2 fully saturated rings. The first-order valence-electron chi connectivity index (χ1n) is 10.8. The van der Waals surface area contributed by atoms with Gasteiger partial charge in [-0.25, -0.2) is 0 Å². The van der Waals surface area contributed by atoms with Crippen LogP contribution in [0.5, 0.6) is 6.01 Å². The number of anilines is 1. The van der Waals surface area contributed by atoms with E-state index in [0.29, 0.717) is 32.4 Å². The summed E-state index contributed by atoms with van der Waals surface area (Å²) < 4.78 is 16.8. The van der Waals surface area contributed by atoms with Crippen LogP contribution in [0.2, 0.25) is 0 Å². The van der Waals surface area contributed by atoms with E-state index in [0.717, 1.165) is 68.7 Å². The molecule has 0 amide bonds. The minimum absolute atomic E-state index is 0.369. The van der Waals surface area contributed by atoms with E-state index in [9.17, 15) is 0 Å². The summed E-state index contributed by atoms with van der Waals surface area (Å²) in [5, 5.41) is 8.68. The summed E-state index contributed by atoms with van der Waals surface area (Å²) in [7, 11) is 0. The zero-order valence-electron chi connectivity index (χ0n) is 18.1. The van der Waals surface area contributed by atoms with Gasteiger partial charge in [0.05, 0.1) is 37.8 Å². The van der Waals surface area contributed by atoms with E-state index in [2.05, 4.69) is 30.0 Å². The van der Waals surface area contributed by atoms with Gasteiger partial charge in [0.1, 0.15) is 19.0 Å². The number of aromatic nitrogens is 2. The number of azo groups is 1. The third-order valence-electron chi connectivity index (χ3n) is 5.24. The highest BCUT2D eigenvalue weighted by molar-refractivity contribution is 5.41. The standard InChI is InChI=1S/C22H30N6O3/c1-18-3-2-4-19(15-18)26-23-17-20-16-21(28-8-12-30-13-9-28)25-22(24-20)31-14-7-27-5-10-29-11-6-27/h2-4,15-16H,5-14,17H2,1H3. The number of hydrogen-bond acceptors (Lipinski definition) is 9. The van der Waals surface area contributed by atoms with Crippen molar-refractivity contribution in [1.29, 1.82) is 0 Å². The molecular weight excluding hydrogens is 396 g/mol. The molecule has 0 bridgehead atoms. The molecule has 0 spiro atoms. The number of aryl methyl sites for hydroxylation is 1. The molecule has 1 aromatic heterocycles. The highest BCUT2D eigenvalue weighted by Gasteiger charge is 2.16. The van der Waals surface area contributed by atoms with Gasteiger partial charge in [-0.05, 0) is 24.6 Å². The Morgan fingerprint density at radius 1 is 1.00 bits per heavy atom. The van der Waals surface area contributed by atoms with Crippen molar-refractivity contribution in [3.05, 3.63) is 41.6 Å². The normalized spacial score (nSPS) is 17.9. The van der Waals surface area contributed by atoms with E-state index in [1.165, 1.54) is 0 Å². The van der Waals surface area contributed by atoms with Crippen molar-refractivity contribution in [2.24, 2.45) is 10.2 Å². The molecule has 0 N–H and O–H groups in total. The van der Waals surface area contributed by atoms with E-state index in [-0.39, 0.29) is 0 Å². The van der Waals surface area contributed by atoms with Crippen LogP contribution in [-0.2, 0) is 16.0 Å². The Hall–Kier alpha value is -2.62. The fourth-order valence-electron chi connectivity index (χ4n) is 3.53. The SMILES string of the molecule is Cc1cccc(N=NCc2cc(N3CCOCC3)nc(OCCN3CCOCC3)n2)c1. The second-order valence-corrected chi connectivity index (χ2v) is 7.64. The second kappa shape index (κ2) is 11.1. The van der Waals surface area contributed by atoms with E-state index in [1.807, 2.05) is 37.3 Å². The Balaban J connectivity index is 1.43. The Morgan fingerprint density at radius 3 is 2.55 bits per heavy atom. The van der Waals surface area contributed by atoms with Crippen molar-refractivity contribution in [1.82, 2.24) is 14.9 Å². The summed E-state index contributed by atoms with van der Waals surface area (Å²) in [6.07, 6.45) is 0. The highest BCUT2D eigenvalue weighted by atomic mass is 16.5. The summed E-state index contributed by atoms with van der Waals surface area (Å²) in [4.78, 5) is 13.7. The quantitative estimate of drug-likeness (QED) is 0.600. The number of rotatable bonds is 8. The molecule has 9 nitrogen and oxygen atoms in total. The molecule has 0 saturated carbocycles. The van der Waals surface area contributed by atoms with Crippen LogP contribution in [0.4, 0.5) is 11.5 Å². The van der Waals surface area contributed by atoms with Crippen LogP contribution >= 0.6 is 0 Å². The number of nitrogens with zero attached hydrogens (tertiary/aromatic N) is 6. The summed E-state index contributed by atoms with van der Waals surface area (Å²) >= 11 is 0. The first-order valence-corrected chi connectivity index (χ1v) is 10.8. The maximum absolute atomic E-state index is 5.93. The van der Waals surface area contributed by atoms with Gasteiger partial charge in [0, 0.05) is 38.8 Å². The van der Waals surface area contributed by atoms with E-state index in [1.54, 1.807) is 0 Å². The maximum Gasteiger partial charge on any atom is 0.318 e. The zero-order valence-corrected chi connectivity index (χ0v) is 18.1. The molecule has 0 unspecified atom stereocenters. The molecule has 0 aliphatic carbocycles. The first-order chi connectivity index (χ1) is 15.3. The average molecular weight is 427 g/mol. The van der Waals surface area contributed by atoms with Crippen LogP contribution in [0.25, 0.3) is 0 Å². The topological polar surface area (TPSA) is 84.7 Å². The monoisotopic (exact) mass is 426 g/mol. The minimum Gasteiger partial charge on any atom is -0.462 e. The van der Waals surface area contributed by atoms with Gasteiger partial charge in [-0.3, -0.25) is 4.90 Å². The highest BCUT2D eigenvalue weighted by Crippen LogP contribution is 2.20. The largest absolute Gasteiger partial charge is 0.462 e. The molecule has 1 aromatic carbocycles. The predicted molar refractivity (Wildman–Crippen MR) is 117 cm³/mol. The lowest BCUT2D eigenvalue weighted by Gasteiger charge is -2.28. The minimum atomic E-state index is 0.369. The Bertz CT molecular complexity index is 866. The molecule has 2 saturated heterocycles. The predicted octanol–water partition coefficient (Wildman–Crippen LogP) is 2.62. The third kappa shape index (κ3) is 6.68. The first kappa shape index (κ1) is 21.6. The van der Waals surface area contributed by atoms with Crippen molar-refractivity contribution in [2.45, 2.75) is 13.5 Å². The van der Waals surface area contributed by atoms with Gasteiger partial charge in [-0.15, -0.1) is 0 Å². The summed E-state index contributed by atoms with van der Waals surface area (Å²) in [6.45, 7) is 10.2. The molecule has 2 aliphatic rings. The molecule has 0 radical (unpaired) electrons. The van der Waals surface area contributed by atoms with Gasteiger partial charge in [0.2, 0.25) is 0 Å². The molecule has 9 heteroatoms. The van der Waals surface area contributed by atoms with Gasteiger partial charge < -0.3 is 19.1 Å². The fraction of sp³-hybridized carbons (Fsp3) is 0.545. The van der Waals surface area contributed by atoms with Crippen LogP contribution in [0, 0.1) is 6.92 Å². The van der Waals surface area contributed by atoms with Crippen molar-refractivity contribution in [3.8, 4) is 6.01 Å². The molecular formula is C22H30N6O3. The molecule has 2 aromatic rings. The van der Waals surface area contributed by atoms with Crippen LogP contribution in [0.15, 0.2) is 40.6 Å². The number of benzene rings is 1. The van der Waals surface area contributed by atoms with Gasteiger partial charge in [-0.2, -0.15) is 20.2 Å². The van der Waals surface area contributed by atoms with Crippen molar-refractivity contribution < 1.29 is 14.2 Å². The smallest absolute Gasteiger partial charge is 0.318 e. The fourth-order valence-corrected chi connectivity index (χ4v) is 3.53. The lowest BCUT2D eigenvalue weighted by Crippen LogP contribution is -2.39. The Kier molecular flexibility index (Phi) is 7.76. The van der Waals surface area contributed by atoms with Crippen molar-refractivity contribution in [3.63, 3.8) is 0 Å². The van der Waals surface area contributed by atoms with Gasteiger partial charge in [0.25, 0.3) is 0 Å². The van der Waals surface area contributed by atoms with Crippen LogP contribution in [-0.4, -0.2) is 80.6 Å². The van der Waals surface area contributed by atoms with Crippen molar-refractivity contribution in [2.75, 3.05) is 70.7 Å². The second-order valence-electron chi connectivity index (χ2n) is 7.64. The van der Waals surface area contributed by atoms with E-state index in [4.69, 9.17) is 14.2 Å².